The maximum absolute atomic E-state index is 15.4. The lowest BCUT2D eigenvalue weighted by Gasteiger charge is -2.63. The van der Waals surface area contributed by atoms with Crippen molar-refractivity contribution < 1.29 is 57.9 Å². The summed E-state index contributed by atoms with van der Waals surface area (Å²) in [7, 11) is 0. The first-order chi connectivity index (χ1) is 23.8. The number of epoxide rings is 2. The average Bonchev–Trinajstić information content (AvgIpc) is 4.02. The molecule has 10 atom stereocenters. The van der Waals surface area contributed by atoms with Crippen molar-refractivity contribution in [3.8, 4) is 0 Å². The largest absolute Gasteiger partial charge is 0.497 e. The summed E-state index contributed by atoms with van der Waals surface area (Å²) in [4.78, 5) is 82.2. The van der Waals surface area contributed by atoms with Crippen molar-refractivity contribution in [2.45, 2.75) is 134 Å². The summed E-state index contributed by atoms with van der Waals surface area (Å²) in [6.45, 7) is 6.96. The van der Waals surface area contributed by atoms with Crippen LogP contribution in [0.5, 0.6) is 0 Å². The van der Waals surface area contributed by atoms with Crippen LogP contribution in [0.2, 0.25) is 0 Å². The molecule has 0 amide bonds. The number of hydrogen-bond donors (Lipinski definition) is 2. The molecule has 8 rings (SSSR count). The third kappa shape index (κ3) is 4.66. The number of hydrogen-bond acceptors (Lipinski definition) is 10. The van der Waals surface area contributed by atoms with Crippen molar-refractivity contribution in [1.82, 2.24) is 0 Å². The molecule has 2 N–H and O–H groups in total. The van der Waals surface area contributed by atoms with Crippen molar-refractivity contribution in [2.75, 3.05) is 0 Å². The van der Waals surface area contributed by atoms with E-state index < -0.39 is 94.0 Å². The number of unbranched alkanes of at least 4 members (excludes halogenated alkanes) is 4. The van der Waals surface area contributed by atoms with E-state index in [0.717, 1.165) is 38.5 Å². The summed E-state index contributed by atoms with van der Waals surface area (Å²) in [5.74, 6) is -5.70. The van der Waals surface area contributed by atoms with E-state index >= 15 is 4.79 Å². The normalized spacial score (nSPS) is 39.5. The predicted octanol–water partition coefficient (Wildman–Crippen LogP) is 4.15. The summed E-state index contributed by atoms with van der Waals surface area (Å²) < 4.78 is 25.1. The van der Waals surface area contributed by atoms with Gasteiger partial charge in [-0.25, -0.2) is 9.59 Å². The molecule has 12 nitrogen and oxygen atoms in total. The Morgan fingerprint density at radius 1 is 0.760 bits per heavy atom. The zero-order valence-electron chi connectivity index (χ0n) is 28.8. The molecule has 2 bridgehead atoms. The number of aliphatic carboxylic acids is 2. The molecule has 4 fully saturated rings. The lowest BCUT2D eigenvalue weighted by atomic mass is 9.43. The van der Waals surface area contributed by atoms with E-state index in [2.05, 4.69) is 13.8 Å². The minimum absolute atomic E-state index is 0.00135. The molecule has 268 valence electrons. The van der Waals surface area contributed by atoms with E-state index in [1.807, 2.05) is 0 Å². The maximum atomic E-state index is 15.4. The highest BCUT2D eigenvalue weighted by atomic mass is 16.6. The van der Waals surface area contributed by atoms with Gasteiger partial charge < -0.3 is 29.2 Å². The van der Waals surface area contributed by atoms with Crippen LogP contribution in [0, 0.1) is 17.3 Å². The second-order valence-electron chi connectivity index (χ2n) is 15.0. The van der Waals surface area contributed by atoms with Crippen LogP contribution < -0.4 is 0 Å². The van der Waals surface area contributed by atoms with Crippen LogP contribution in [0.15, 0.2) is 46.3 Å². The fourth-order valence-electron chi connectivity index (χ4n) is 9.47. The third-order valence-electron chi connectivity index (χ3n) is 12.2. The Labute approximate surface area is 289 Å². The van der Waals surface area contributed by atoms with E-state index in [1.54, 1.807) is 0 Å². The number of ketones is 4. The van der Waals surface area contributed by atoms with Gasteiger partial charge in [0.25, 0.3) is 0 Å². The molecule has 3 saturated heterocycles. The van der Waals surface area contributed by atoms with E-state index in [0.29, 0.717) is 12.8 Å². The number of carboxylic acid groups (broad SMARTS) is 2. The molecule has 5 aliphatic heterocycles. The number of ether oxygens (including phenoxy) is 4. The van der Waals surface area contributed by atoms with Crippen molar-refractivity contribution >= 4 is 35.1 Å². The molecule has 1 saturated carbocycles. The van der Waals surface area contributed by atoms with Crippen LogP contribution in [-0.4, -0.2) is 87.0 Å². The topological polar surface area (TPSA) is 186 Å². The van der Waals surface area contributed by atoms with Gasteiger partial charge in [0, 0.05) is 52.5 Å². The summed E-state index contributed by atoms with van der Waals surface area (Å²) in [6.07, 6.45) is 5.37. The molecule has 0 radical (unpaired) electrons. The van der Waals surface area contributed by atoms with Gasteiger partial charge >= 0.3 is 11.9 Å². The zero-order chi connectivity index (χ0) is 35.9. The van der Waals surface area contributed by atoms with Gasteiger partial charge in [-0.3, -0.25) is 19.2 Å². The van der Waals surface area contributed by atoms with Gasteiger partial charge in [-0.05, 0) is 33.1 Å². The monoisotopic (exact) mass is 692 g/mol. The van der Waals surface area contributed by atoms with Crippen LogP contribution >= 0.6 is 0 Å². The van der Waals surface area contributed by atoms with Crippen LogP contribution in [-0.2, 0) is 47.7 Å². The Kier molecular flexibility index (Phi) is 8.46. The van der Waals surface area contributed by atoms with E-state index in [-0.39, 0.29) is 40.7 Å². The van der Waals surface area contributed by atoms with E-state index in [4.69, 9.17) is 18.9 Å². The van der Waals surface area contributed by atoms with Gasteiger partial charge in [0.05, 0.1) is 12.4 Å². The Bertz CT molecular complexity index is 1710. The molecule has 0 unspecified atom stereocenters. The quantitative estimate of drug-likeness (QED) is 0.151. The third-order valence-corrected chi connectivity index (χ3v) is 12.2. The van der Waals surface area contributed by atoms with Crippen LogP contribution in [0.1, 0.15) is 91.9 Å². The van der Waals surface area contributed by atoms with Gasteiger partial charge in [0.2, 0.25) is 0 Å². The smallest absolute Gasteiger partial charge is 0.330 e. The summed E-state index contributed by atoms with van der Waals surface area (Å²) in [6, 6.07) is 0. The number of carbonyl (C=O) groups excluding carboxylic acids is 4. The molecular weight excluding hydrogens is 648 g/mol. The SMILES string of the molecule is CCCCC[C@@H]1OC=C2C(=O)[C@H]3O[C@@]3(C/C=C(\C)C(=O)O)C(=O)[C@]23[C@H]1[C@H]1C2=C(C(=O)[C@H]4O[C@@]4(C/C=C(\C)C(=O)O)C2=O)[C@@H]3O[C@@H]1CCCCC. The minimum atomic E-state index is -1.71. The molecule has 3 aliphatic carbocycles. The van der Waals surface area contributed by atoms with E-state index in [1.165, 1.54) is 32.3 Å². The molecule has 8 aliphatic rings. The highest BCUT2D eigenvalue weighted by molar-refractivity contribution is 6.25. The fourth-order valence-corrected chi connectivity index (χ4v) is 9.47. The van der Waals surface area contributed by atoms with Crippen molar-refractivity contribution in [1.29, 1.82) is 0 Å². The van der Waals surface area contributed by atoms with Crippen molar-refractivity contribution in [3.63, 3.8) is 0 Å². The Morgan fingerprint density at radius 2 is 1.32 bits per heavy atom. The minimum Gasteiger partial charge on any atom is -0.497 e. The first kappa shape index (κ1) is 34.7. The van der Waals surface area contributed by atoms with Crippen LogP contribution in [0.25, 0.3) is 0 Å². The maximum Gasteiger partial charge on any atom is 0.330 e. The number of carbonyl (C=O) groups is 6. The summed E-state index contributed by atoms with van der Waals surface area (Å²) in [5.41, 5.74) is -4.51. The van der Waals surface area contributed by atoms with Crippen LogP contribution in [0.3, 0.4) is 0 Å². The van der Waals surface area contributed by atoms with Gasteiger partial charge in [-0.2, -0.15) is 0 Å². The molecule has 0 aromatic rings. The highest BCUT2D eigenvalue weighted by Crippen LogP contribution is 2.70. The molecule has 12 heteroatoms. The molecule has 0 aromatic heterocycles. The number of carboxylic acids is 2. The van der Waals surface area contributed by atoms with Gasteiger partial charge in [0.1, 0.15) is 17.6 Å². The Hall–Kier alpha value is -3.74. The lowest BCUT2D eigenvalue weighted by molar-refractivity contribution is -0.213. The second kappa shape index (κ2) is 12.2. The average molecular weight is 693 g/mol. The summed E-state index contributed by atoms with van der Waals surface area (Å²) in [5, 5.41) is 19.0. The Morgan fingerprint density at radius 3 is 1.92 bits per heavy atom. The molecular formula is C38H44O12. The number of Topliss-reactive ketones (excluding diaryl/α,β-unsaturated/α-hetero) is 4. The first-order valence-electron chi connectivity index (χ1n) is 17.9. The van der Waals surface area contributed by atoms with Crippen LogP contribution in [0.4, 0.5) is 0 Å². The second-order valence-corrected chi connectivity index (χ2v) is 15.0. The van der Waals surface area contributed by atoms with Gasteiger partial charge in [0.15, 0.2) is 46.5 Å². The highest BCUT2D eigenvalue weighted by Gasteiger charge is 2.85. The lowest BCUT2D eigenvalue weighted by Crippen LogP contribution is -2.74. The van der Waals surface area contributed by atoms with Gasteiger partial charge in [-0.15, -0.1) is 0 Å². The van der Waals surface area contributed by atoms with Crippen molar-refractivity contribution in [2.24, 2.45) is 17.3 Å². The molecule has 5 heterocycles. The standard InChI is InChI=1S/C38H44O12/c1-5-7-9-11-21-23-24-25(28(40)32-36(49-32,29(24)41)15-13-18(3)33(42)43)30(48-21)38-20(17-47-22(26(23)38)12-10-8-6-2)27(39)31-37(50-31,35(38)46)16-14-19(4)34(44)45/h13-14,17,21-23,26,30-32H,5-12,15-16H2,1-4H3,(H,42,43)(H,44,45)/b18-13+,19-14+/t21-,22+,23-,26-,30+,31-,32-,36+,37-,38+/m1/s1. The summed E-state index contributed by atoms with van der Waals surface area (Å²) >= 11 is 0. The first-order valence-corrected chi connectivity index (χ1v) is 17.9. The van der Waals surface area contributed by atoms with E-state index in [9.17, 15) is 34.2 Å². The van der Waals surface area contributed by atoms with Gasteiger partial charge in [-0.1, -0.05) is 58.1 Å². The molecule has 50 heavy (non-hydrogen) atoms. The zero-order valence-corrected chi connectivity index (χ0v) is 28.8. The number of rotatable bonds is 14. The number of fused-ring (bicyclic) bond motifs is 3. The molecule has 1 spiro atoms. The predicted molar refractivity (Wildman–Crippen MR) is 174 cm³/mol. The van der Waals surface area contributed by atoms with Crippen molar-refractivity contribution in [3.05, 3.63) is 46.3 Å². The Balaban J connectivity index is 1.41. The fraction of sp³-hybridized carbons (Fsp3) is 0.632. The molecule has 0 aromatic carbocycles.